The molecule has 0 heterocycles. The van der Waals surface area contributed by atoms with Crippen LogP contribution in [0.5, 0.6) is 0 Å². The van der Waals surface area contributed by atoms with Crippen LogP contribution in [0.4, 0.5) is 0 Å². The van der Waals surface area contributed by atoms with Crippen molar-refractivity contribution >= 4 is 5.78 Å². The van der Waals surface area contributed by atoms with Crippen LogP contribution in [-0.2, 0) is 4.79 Å². The molecular weight excluding hydrogens is 214 g/mol. The number of rotatable bonds is 2. The Balaban J connectivity index is 3.15. The fourth-order valence-electron chi connectivity index (χ4n) is 3.02. The zero-order valence-electron chi connectivity index (χ0n) is 12.4. The maximum atomic E-state index is 11.9. The lowest BCUT2D eigenvalue weighted by Gasteiger charge is -2.54. The van der Waals surface area contributed by atoms with E-state index in [0.717, 1.165) is 0 Å². The first-order chi connectivity index (χ1) is 7.44. The quantitative estimate of drug-likeness (QED) is 0.750. The lowest BCUT2D eigenvalue weighted by molar-refractivity contribution is -0.903. The first-order valence-electron chi connectivity index (χ1n) is 6.51. The highest BCUT2D eigenvalue weighted by Crippen LogP contribution is 2.49. The number of aliphatic hydroxyl groups is 1. The number of quaternary nitrogens is 1. The highest BCUT2D eigenvalue weighted by molar-refractivity contribution is 5.82. The van der Waals surface area contributed by atoms with Gasteiger partial charge in [0.05, 0.1) is 21.1 Å². The van der Waals surface area contributed by atoms with Crippen molar-refractivity contribution in [3.05, 3.63) is 0 Å². The molecule has 0 aliphatic heterocycles. The average molecular weight is 242 g/mol. The summed E-state index contributed by atoms with van der Waals surface area (Å²) in [6.45, 7) is 8.10. The molecule has 3 heteroatoms. The van der Waals surface area contributed by atoms with E-state index in [1.165, 1.54) is 0 Å². The third-order valence-corrected chi connectivity index (χ3v) is 5.29. The molecule has 3 unspecified atom stereocenters. The normalized spacial score (nSPS) is 35.8. The first-order valence-corrected chi connectivity index (χ1v) is 6.51. The second kappa shape index (κ2) is 4.06. The Morgan fingerprint density at radius 1 is 1.35 bits per heavy atom. The molecule has 0 amide bonds. The van der Waals surface area contributed by atoms with Gasteiger partial charge in [-0.3, -0.25) is 4.79 Å². The van der Waals surface area contributed by atoms with Crippen LogP contribution < -0.4 is 0 Å². The lowest BCUT2D eigenvalue weighted by Crippen LogP contribution is -2.67. The summed E-state index contributed by atoms with van der Waals surface area (Å²) < 4.78 is 0.709. The standard InChI is InChI=1S/C14H28NO2/c1-10-12(16)8-9-14(17,13(10,3)4)11(2)15(5,6)7/h10-11,17H,8-9H2,1-7H3/q+1. The molecular formula is C14H28NO2+. The highest BCUT2D eigenvalue weighted by atomic mass is 16.3. The van der Waals surface area contributed by atoms with Gasteiger partial charge in [0, 0.05) is 17.8 Å². The number of likely N-dealkylation sites (N-methyl/N-ethyl adjacent to an activating group) is 1. The molecule has 1 aliphatic carbocycles. The predicted molar refractivity (Wildman–Crippen MR) is 69.6 cm³/mol. The molecule has 0 aromatic carbocycles. The summed E-state index contributed by atoms with van der Waals surface area (Å²) in [6, 6.07) is 0.105. The second-order valence-electron chi connectivity index (χ2n) is 7.13. The Labute approximate surface area is 105 Å². The van der Waals surface area contributed by atoms with Crippen LogP contribution in [0.25, 0.3) is 0 Å². The van der Waals surface area contributed by atoms with Crippen LogP contribution in [0.15, 0.2) is 0 Å². The summed E-state index contributed by atoms with van der Waals surface area (Å²) >= 11 is 0. The van der Waals surface area contributed by atoms with Gasteiger partial charge in [-0.2, -0.15) is 0 Å². The van der Waals surface area contributed by atoms with Crippen molar-refractivity contribution in [2.45, 2.75) is 52.2 Å². The van der Waals surface area contributed by atoms with E-state index < -0.39 is 5.60 Å². The van der Waals surface area contributed by atoms with Gasteiger partial charge < -0.3 is 9.59 Å². The highest BCUT2D eigenvalue weighted by Gasteiger charge is 2.58. The largest absolute Gasteiger partial charge is 0.383 e. The molecule has 1 fully saturated rings. The summed E-state index contributed by atoms with van der Waals surface area (Å²) in [5, 5.41) is 11.1. The minimum atomic E-state index is -0.779. The van der Waals surface area contributed by atoms with Crippen LogP contribution >= 0.6 is 0 Å². The van der Waals surface area contributed by atoms with Crippen LogP contribution in [0.1, 0.15) is 40.5 Å². The van der Waals surface area contributed by atoms with Crippen molar-refractivity contribution in [1.29, 1.82) is 0 Å². The van der Waals surface area contributed by atoms with Gasteiger partial charge in [0.25, 0.3) is 0 Å². The average Bonchev–Trinajstić information content (AvgIpc) is 2.19. The second-order valence-corrected chi connectivity index (χ2v) is 7.13. The smallest absolute Gasteiger partial charge is 0.136 e. The number of hydrogen-bond donors (Lipinski definition) is 1. The van der Waals surface area contributed by atoms with E-state index in [4.69, 9.17) is 0 Å². The monoisotopic (exact) mass is 242 g/mol. The molecule has 0 saturated heterocycles. The first kappa shape index (κ1) is 14.7. The van der Waals surface area contributed by atoms with Crippen molar-refractivity contribution < 1.29 is 14.4 Å². The van der Waals surface area contributed by atoms with Gasteiger partial charge in [0.15, 0.2) is 0 Å². The molecule has 0 aromatic rings. The zero-order chi connectivity index (χ0) is 13.6. The third kappa shape index (κ3) is 2.15. The van der Waals surface area contributed by atoms with Gasteiger partial charge in [0.2, 0.25) is 0 Å². The van der Waals surface area contributed by atoms with E-state index in [0.29, 0.717) is 17.3 Å². The van der Waals surface area contributed by atoms with Crippen molar-refractivity contribution in [3.63, 3.8) is 0 Å². The number of Topliss-reactive ketones (excluding diaryl/α,β-unsaturated/α-hetero) is 1. The van der Waals surface area contributed by atoms with Gasteiger partial charge >= 0.3 is 0 Å². The van der Waals surface area contributed by atoms with Gasteiger partial charge in [-0.15, -0.1) is 0 Å². The number of ketones is 1. The number of nitrogens with zero attached hydrogens (tertiary/aromatic N) is 1. The number of carbonyl (C=O) groups is 1. The topological polar surface area (TPSA) is 37.3 Å². The van der Waals surface area contributed by atoms with Crippen LogP contribution in [0, 0.1) is 11.3 Å². The number of carbonyl (C=O) groups excluding carboxylic acids is 1. The SMILES string of the molecule is CC1C(=O)CCC(O)(C(C)[N+](C)(C)C)C1(C)C. The van der Waals surface area contributed by atoms with Crippen molar-refractivity contribution in [3.8, 4) is 0 Å². The predicted octanol–water partition coefficient (Wildman–Crippen LogP) is 1.84. The summed E-state index contributed by atoms with van der Waals surface area (Å²) in [6.07, 6.45) is 1.09. The van der Waals surface area contributed by atoms with Crippen LogP contribution in [0.3, 0.4) is 0 Å². The van der Waals surface area contributed by atoms with Gasteiger partial charge in [-0.25, -0.2) is 0 Å². The fourth-order valence-corrected chi connectivity index (χ4v) is 3.02. The van der Waals surface area contributed by atoms with Gasteiger partial charge in [0.1, 0.15) is 17.4 Å². The van der Waals surface area contributed by atoms with E-state index >= 15 is 0 Å². The molecule has 17 heavy (non-hydrogen) atoms. The van der Waals surface area contributed by atoms with E-state index in [2.05, 4.69) is 28.1 Å². The lowest BCUT2D eigenvalue weighted by atomic mass is 9.57. The third-order valence-electron chi connectivity index (χ3n) is 5.29. The van der Waals surface area contributed by atoms with Crippen LogP contribution in [0.2, 0.25) is 0 Å². The minimum Gasteiger partial charge on any atom is -0.383 e. The molecule has 0 bridgehead atoms. The Bertz CT molecular complexity index is 317. The van der Waals surface area contributed by atoms with Gasteiger partial charge in [-0.05, 0) is 13.3 Å². The maximum absolute atomic E-state index is 11.9. The molecule has 3 nitrogen and oxygen atoms in total. The number of hydrogen-bond acceptors (Lipinski definition) is 2. The fraction of sp³-hybridized carbons (Fsp3) is 0.929. The molecule has 1 N–H and O–H groups in total. The van der Waals surface area contributed by atoms with Crippen molar-refractivity contribution in [1.82, 2.24) is 0 Å². The Morgan fingerprint density at radius 3 is 2.24 bits per heavy atom. The van der Waals surface area contributed by atoms with Crippen molar-refractivity contribution in [2.24, 2.45) is 11.3 Å². The summed E-state index contributed by atoms with van der Waals surface area (Å²) in [5.41, 5.74) is -1.15. The molecule has 0 radical (unpaired) electrons. The van der Waals surface area contributed by atoms with Gasteiger partial charge in [-0.1, -0.05) is 20.8 Å². The Kier molecular flexibility index (Phi) is 3.50. The minimum absolute atomic E-state index is 0.0738. The maximum Gasteiger partial charge on any atom is 0.136 e. The summed E-state index contributed by atoms with van der Waals surface area (Å²) in [7, 11) is 6.29. The zero-order valence-corrected chi connectivity index (χ0v) is 12.4. The molecule has 3 atom stereocenters. The van der Waals surface area contributed by atoms with E-state index in [9.17, 15) is 9.90 Å². The molecule has 0 aromatic heterocycles. The molecule has 1 saturated carbocycles. The van der Waals surface area contributed by atoms with E-state index in [1.54, 1.807) is 0 Å². The summed E-state index contributed by atoms with van der Waals surface area (Å²) in [5.74, 6) is 0.212. The molecule has 0 spiro atoms. The van der Waals surface area contributed by atoms with E-state index in [-0.39, 0.29) is 23.2 Å². The van der Waals surface area contributed by atoms with E-state index in [1.807, 2.05) is 20.8 Å². The summed E-state index contributed by atoms with van der Waals surface area (Å²) in [4.78, 5) is 11.9. The Hall–Kier alpha value is -0.410. The molecule has 100 valence electrons. The molecule has 1 rings (SSSR count). The van der Waals surface area contributed by atoms with Crippen molar-refractivity contribution in [2.75, 3.05) is 21.1 Å². The Morgan fingerprint density at radius 2 is 1.82 bits per heavy atom. The molecule has 1 aliphatic rings. The van der Waals surface area contributed by atoms with Crippen LogP contribution in [-0.4, -0.2) is 48.2 Å².